The summed E-state index contributed by atoms with van der Waals surface area (Å²) in [4.78, 5) is 4.53. The van der Waals surface area contributed by atoms with Crippen LogP contribution in [0.3, 0.4) is 0 Å². The van der Waals surface area contributed by atoms with Gasteiger partial charge in [-0.2, -0.15) is 0 Å². The van der Waals surface area contributed by atoms with Crippen molar-refractivity contribution in [3.05, 3.63) is 33.1 Å². The summed E-state index contributed by atoms with van der Waals surface area (Å²) >= 11 is 7.64. The van der Waals surface area contributed by atoms with Gasteiger partial charge in [0.25, 0.3) is 0 Å². The average molecular weight is 283 g/mol. The number of benzene rings is 1. The molecule has 1 unspecified atom stereocenters. The zero-order valence-corrected chi connectivity index (χ0v) is 12.1. The number of nitrogens with zero attached hydrogens (tertiary/aromatic N) is 1. The summed E-state index contributed by atoms with van der Waals surface area (Å²) in [7, 11) is 1.65. The fraction of sp³-hybridized carbons (Fsp3) is 0.308. The standard InChI is InChI=1S/C13H15ClN2OS/c1-7-4-9(14)5-10(12(7)17-3)11-6-18-13(16-11)8(2)15/h4-6,8H,15H2,1-3H3. The van der Waals surface area contributed by atoms with Crippen LogP contribution in [0.1, 0.15) is 23.5 Å². The minimum Gasteiger partial charge on any atom is -0.496 e. The van der Waals surface area contributed by atoms with E-state index in [1.54, 1.807) is 18.4 Å². The molecule has 96 valence electrons. The monoisotopic (exact) mass is 282 g/mol. The van der Waals surface area contributed by atoms with Gasteiger partial charge in [-0.15, -0.1) is 11.3 Å². The lowest BCUT2D eigenvalue weighted by Gasteiger charge is -2.10. The van der Waals surface area contributed by atoms with Gasteiger partial charge in [-0.1, -0.05) is 11.6 Å². The molecule has 1 heterocycles. The summed E-state index contributed by atoms with van der Waals surface area (Å²) in [6, 6.07) is 3.69. The molecule has 5 heteroatoms. The van der Waals surface area contributed by atoms with Gasteiger partial charge in [0, 0.05) is 16.0 Å². The lowest BCUT2D eigenvalue weighted by molar-refractivity contribution is 0.413. The predicted octanol–water partition coefficient (Wildman–Crippen LogP) is 3.80. The third-order valence-electron chi connectivity index (χ3n) is 2.63. The maximum Gasteiger partial charge on any atom is 0.131 e. The van der Waals surface area contributed by atoms with Crippen molar-refractivity contribution in [1.29, 1.82) is 0 Å². The van der Waals surface area contributed by atoms with Gasteiger partial charge in [0.2, 0.25) is 0 Å². The van der Waals surface area contributed by atoms with E-state index >= 15 is 0 Å². The Morgan fingerprint density at radius 2 is 2.17 bits per heavy atom. The van der Waals surface area contributed by atoms with Crippen molar-refractivity contribution in [2.75, 3.05) is 7.11 Å². The first-order valence-electron chi connectivity index (χ1n) is 5.58. The van der Waals surface area contributed by atoms with E-state index in [-0.39, 0.29) is 6.04 Å². The highest BCUT2D eigenvalue weighted by molar-refractivity contribution is 7.10. The van der Waals surface area contributed by atoms with Gasteiger partial charge in [0.05, 0.1) is 18.8 Å². The Hall–Kier alpha value is -1.10. The molecular formula is C13H15ClN2OS. The maximum atomic E-state index is 6.09. The van der Waals surface area contributed by atoms with E-state index in [0.29, 0.717) is 5.02 Å². The third-order valence-corrected chi connectivity index (χ3v) is 3.89. The van der Waals surface area contributed by atoms with Crippen LogP contribution in [0.25, 0.3) is 11.3 Å². The van der Waals surface area contributed by atoms with Crippen molar-refractivity contribution < 1.29 is 4.74 Å². The van der Waals surface area contributed by atoms with Crippen LogP contribution >= 0.6 is 22.9 Å². The van der Waals surface area contributed by atoms with Gasteiger partial charge in [0.15, 0.2) is 0 Å². The molecule has 1 atom stereocenters. The molecule has 0 amide bonds. The summed E-state index contributed by atoms with van der Waals surface area (Å²) in [6.45, 7) is 3.89. The summed E-state index contributed by atoms with van der Waals surface area (Å²) < 4.78 is 5.43. The van der Waals surface area contributed by atoms with Crippen LogP contribution in [-0.2, 0) is 0 Å². The second kappa shape index (κ2) is 5.26. The number of halogens is 1. The highest BCUT2D eigenvalue weighted by Gasteiger charge is 2.14. The van der Waals surface area contributed by atoms with Crippen LogP contribution in [0, 0.1) is 6.92 Å². The minimum atomic E-state index is -0.0602. The fourth-order valence-corrected chi connectivity index (χ4v) is 2.86. The first-order chi connectivity index (χ1) is 8.52. The molecule has 0 aliphatic carbocycles. The Bertz CT molecular complexity index is 566. The van der Waals surface area contributed by atoms with Crippen molar-refractivity contribution >= 4 is 22.9 Å². The van der Waals surface area contributed by atoms with Crippen molar-refractivity contribution in [2.24, 2.45) is 5.73 Å². The second-order valence-electron chi connectivity index (χ2n) is 4.16. The summed E-state index contributed by atoms with van der Waals surface area (Å²) in [5.74, 6) is 0.806. The number of methoxy groups -OCH3 is 1. The molecule has 0 fully saturated rings. The molecule has 3 nitrogen and oxygen atoms in total. The van der Waals surface area contributed by atoms with Crippen molar-refractivity contribution in [3.8, 4) is 17.0 Å². The van der Waals surface area contributed by atoms with Gasteiger partial charge >= 0.3 is 0 Å². The van der Waals surface area contributed by atoms with E-state index in [0.717, 1.165) is 27.6 Å². The number of hydrogen-bond donors (Lipinski definition) is 1. The molecule has 0 saturated heterocycles. The molecule has 1 aromatic heterocycles. The van der Waals surface area contributed by atoms with Gasteiger partial charge in [-0.05, 0) is 31.5 Å². The first kappa shape index (κ1) is 13.3. The molecule has 2 aromatic rings. The molecule has 0 saturated carbocycles. The van der Waals surface area contributed by atoms with E-state index in [1.165, 1.54) is 0 Å². The Labute approximate surface area is 116 Å². The van der Waals surface area contributed by atoms with Gasteiger partial charge in [-0.3, -0.25) is 0 Å². The highest BCUT2D eigenvalue weighted by Crippen LogP contribution is 2.36. The maximum absolute atomic E-state index is 6.09. The summed E-state index contributed by atoms with van der Waals surface area (Å²) in [5.41, 5.74) is 8.59. The highest BCUT2D eigenvalue weighted by atomic mass is 35.5. The molecule has 0 spiro atoms. The van der Waals surface area contributed by atoms with Crippen LogP contribution in [-0.4, -0.2) is 12.1 Å². The molecule has 0 aliphatic rings. The van der Waals surface area contributed by atoms with E-state index in [2.05, 4.69) is 4.98 Å². The van der Waals surface area contributed by atoms with Crippen molar-refractivity contribution in [3.63, 3.8) is 0 Å². The van der Waals surface area contributed by atoms with Crippen LogP contribution in [0.2, 0.25) is 5.02 Å². The number of aryl methyl sites for hydroxylation is 1. The molecule has 0 aliphatic heterocycles. The van der Waals surface area contributed by atoms with Gasteiger partial charge in [0.1, 0.15) is 10.8 Å². The van der Waals surface area contributed by atoms with Crippen molar-refractivity contribution in [1.82, 2.24) is 4.98 Å². The number of thiazole rings is 1. The Balaban J connectivity index is 2.55. The Morgan fingerprint density at radius 3 is 2.72 bits per heavy atom. The first-order valence-corrected chi connectivity index (χ1v) is 6.84. The fourth-order valence-electron chi connectivity index (χ4n) is 1.81. The number of hydrogen-bond acceptors (Lipinski definition) is 4. The van der Waals surface area contributed by atoms with Crippen molar-refractivity contribution in [2.45, 2.75) is 19.9 Å². The van der Waals surface area contributed by atoms with E-state index in [4.69, 9.17) is 22.1 Å². The van der Waals surface area contributed by atoms with Crippen LogP contribution < -0.4 is 10.5 Å². The lowest BCUT2D eigenvalue weighted by Crippen LogP contribution is -2.04. The normalized spacial score (nSPS) is 12.5. The predicted molar refractivity (Wildman–Crippen MR) is 76.5 cm³/mol. The molecule has 0 bridgehead atoms. The molecule has 1 aromatic carbocycles. The zero-order valence-electron chi connectivity index (χ0n) is 10.5. The molecule has 2 rings (SSSR count). The SMILES string of the molecule is COc1c(C)cc(Cl)cc1-c1csc(C(C)N)n1. The van der Waals surface area contributed by atoms with E-state index in [1.807, 2.05) is 31.4 Å². The lowest BCUT2D eigenvalue weighted by atomic mass is 10.1. The smallest absolute Gasteiger partial charge is 0.131 e. The zero-order chi connectivity index (χ0) is 13.3. The largest absolute Gasteiger partial charge is 0.496 e. The number of rotatable bonds is 3. The number of nitrogens with two attached hydrogens (primary N) is 1. The molecular weight excluding hydrogens is 268 g/mol. The number of aromatic nitrogens is 1. The Kier molecular flexibility index (Phi) is 3.90. The summed E-state index contributed by atoms with van der Waals surface area (Å²) in [5, 5.41) is 3.56. The molecule has 18 heavy (non-hydrogen) atoms. The number of ether oxygens (including phenoxy) is 1. The Morgan fingerprint density at radius 1 is 1.44 bits per heavy atom. The topological polar surface area (TPSA) is 48.1 Å². The van der Waals surface area contributed by atoms with E-state index < -0.39 is 0 Å². The second-order valence-corrected chi connectivity index (χ2v) is 5.49. The van der Waals surface area contributed by atoms with Gasteiger partial charge in [-0.25, -0.2) is 4.98 Å². The van der Waals surface area contributed by atoms with Crippen LogP contribution in [0.4, 0.5) is 0 Å². The summed E-state index contributed by atoms with van der Waals surface area (Å²) in [6.07, 6.45) is 0. The molecule has 0 radical (unpaired) electrons. The minimum absolute atomic E-state index is 0.0602. The molecule has 2 N–H and O–H groups in total. The van der Waals surface area contributed by atoms with Gasteiger partial charge < -0.3 is 10.5 Å². The van der Waals surface area contributed by atoms with E-state index in [9.17, 15) is 0 Å². The quantitative estimate of drug-likeness (QED) is 0.931. The average Bonchev–Trinajstić information content (AvgIpc) is 2.77. The van der Waals surface area contributed by atoms with Crippen LogP contribution in [0.15, 0.2) is 17.5 Å². The third kappa shape index (κ3) is 2.51. The van der Waals surface area contributed by atoms with Crippen LogP contribution in [0.5, 0.6) is 5.75 Å².